The summed E-state index contributed by atoms with van der Waals surface area (Å²) in [6.07, 6.45) is 0. The highest BCUT2D eigenvalue weighted by Gasteiger charge is 2.40. The second-order valence-electron chi connectivity index (χ2n) is 3.60. The second kappa shape index (κ2) is 3.41. The molecular formula is C10H10ClFO2. The van der Waals surface area contributed by atoms with E-state index in [1.54, 1.807) is 0 Å². The van der Waals surface area contributed by atoms with Crippen molar-refractivity contribution in [3.8, 4) is 5.75 Å². The minimum absolute atomic E-state index is 0.183. The summed E-state index contributed by atoms with van der Waals surface area (Å²) in [7, 11) is 0. The minimum Gasteiger partial charge on any atom is -0.489 e. The van der Waals surface area contributed by atoms with Crippen molar-refractivity contribution in [1.29, 1.82) is 0 Å². The van der Waals surface area contributed by atoms with Crippen LogP contribution in [-0.2, 0) is 4.74 Å². The van der Waals surface area contributed by atoms with E-state index >= 15 is 0 Å². The molecule has 1 unspecified atom stereocenters. The maximum absolute atomic E-state index is 12.7. The van der Waals surface area contributed by atoms with E-state index in [1.165, 1.54) is 18.2 Å². The van der Waals surface area contributed by atoms with E-state index in [1.807, 2.05) is 6.92 Å². The van der Waals surface area contributed by atoms with Crippen molar-refractivity contribution < 1.29 is 13.9 Å². The largest absolute Gasteiger partial charge is 0.489 e. The summed E-state index contributed by atoms with van der Waals surface area (Å²) in [5.41, 5.74) is -0.183. The number of epoxide rings is 1. The Balaban J connectivity index is 2.02. The quantitative estimate of drug-likeness (QED) is 0.725. The van der Waals surface area contributed by atoms with Crippen molar-refractivity contribution in [2.75, 3.05) is 13.2 Å². The molecule has 1 aromatic rings. The van der Waals surface area contributed by atoms with Gasteiger partial charge < -0.3 is 9.47 Å². The molecule has 1 aliphatic rings. The van der Waals surface area contributed by atoms with Gasteiger partial charge in [-0.25, -0.2) is 4.39 Å². The van der Waals surface area contributed by atoms with Gasteiger partial charge in [0.25, 0.3) is 0 Å². The van der Waals surface area contributed by atoms with Crippen LogP contribution >= 0.6 is 11.6 Å². The fourth-order valence-electron chi connectivity index (χ4n) is 1.03. The lowest BCUT2D eigenvalue weighted by Gasteiger charge is -2.09. The number of ether oxygens (including phenoxy) is 2. The molecule has 4 heteroatoms. The molecule has 1 atom stereocenters. The van der Waals surface area contributed by atoms with Crippen LogP contribution in [0.2, 0.25) is 5.02 Å². The zero-order chi connectivity index (χ0) is 10.2. The molecule has 0 N–H and O–H groups in total. The van der Waals surface area contributed by atoms with Crippen LogP contribution in [-0.4, -0.2) is 18.8 Å². The second-order valence-corrected chi connectivity index (χ2v) is 4.01. The van der Waals surface area contributed by atoms with Gasteiger partial charge in [0.2, 0.25) is 0 Å². The average molecular weight is 217 g/mol. The van der Waals surface area contributed by atoms with E-state index in [9.17, 15) is 4.39 Å². The Kier molecular flexibility index (Phi) is 2.37. The molecule has 76 valence electrons. The lowest BCUT2D eigenvalue weighted by atomic mass is 10.2. The number of halogens is 2. The Labute approximate surface area is 86.6 Å². The van der Waals surface area contributed by atoms with Crippen molar-refractivity contribution >= 4 is 11.6 Å². The predicted octanol–water partition coefficient (Wildman–Crippen LogP) is 2.65. The number of hydrogen-bond donors (Lipinski definition) is 0. The Morgan fingerprint density at radius 3 is 2.93 bits per heavy atom. The lowest BCUT2D eigenvalue weighted by Crippen LogP contribution is -2.17. The fourth-order valence-corrected chi connectivity index (χ4v) is 1.25. The number of rotatable bonds is 3. The fraction of sp³-hybridized carbons (Fsp3) is 0.400. The number of hydrogen-bond acceptors (Lipinski definition) is 2. The molecule has 1 fully saturated rings. The maximum atomic E-state index is 12.7. The van der Waals surface area contributed by atoms with Crippen LogP contribution < -0.4 is 4.74 Å². The van der Waals surface area contributed by atoms with Crippen molar-refractivity contribution in [2.45, 2.75) is 12.5 Å². The van der Waals surface area contributed by atoms with Crippen LogP contribution in [0.1, 0.15) is 6.92 Å². The Morgan fingerprint density at radius 2 is 2.36 bits per heavy atom. The standard InChI is InChI=1S/C10H10ClFO2/c1-10(6-14-10)5-13-9-3-2-7(12)4-8(9)11/h2-4H,5-6H2,1H3. The molecule has 14 heavy (non-hydrogen) atoms. The van der Waals surface area contributed by atoms with Gasteiger partial charge in [0.1, 0.15) is 23.8 Å². The van der Waals surface area contributed by atoms with Crippen LogP contribution in [0.5, 0.6) is 5.75 Å². The third-order valence-corrected chi connectivity index (χ3v) is 2.36. The van der Waals surface area contributed by atoms with E-state index in [-0.39, 0.29) is 16.4 Å². The molecule has 0 aromatic heterocycles. The first-order valence-corrected chi connectivity index (χ1v) is 4.69. The highest BCUT2D eigenvalue weighted by molar-refractivity contribution is 6.32. The van der Waals surface area contributed by atoms with Crippen LogP contribution in [0.3, 0.4) is 0 Å². The van der Waals surface area contributed by atoms with Crippen molar-refractivity contribution in [1.82, 2.24) is 0 Å². The first-order chi connectivity index (χ1) is 6.59. The van der Waals surface area contributed by atoms with Gasteiger partial charge in [-0.05, 0) is 25.1 Å². The van der Waals surface area contributed by atoms with E-state index in [4.69, 9.17) is 21.1 Å². The van der Waals surface area contributed by atoms with E-state index < -0.39 is 0 Å². The summed E-state index contributed by atoms with van der Waals surface area (Å²) >= 11 is 5.77. The van der Waals surface area contributed by atoms with Gasteiger partial charge in [0.15, 0.2) is 0 Å². The molecule has 1 aromatic carbocycles. The van der Waals surface area contributed by atoms with Gasteiger partial charge in [-0.1, -0.05) is 11.6 Å². The Hall–Kier alpha value is -0.800. The summed E-state index contributed by atoms with van der Waals surface area (Å²) < 4.78 is 23.2. The highest BCUT2D eigenvalue weighted by atomic mass is 35.5. The molecule has 2 nitrogen and oxygen atoms in total. The zero-order valence-corrected chi connectivity index (χ0v) is 8.47. The smallest absolute Gasteiger partial charge is 0.138 e. The van der Waals surface area contributed by atoms with Crippen LogP contribution in [0.25, 0.3) is 0 Å². The first-order valence-electron chi connectivity index (χ1n) is 4.31. The molecule has 0 radical (unpaired) electrons. The first kappa shape index (κ1) is 9.74. The van der Waals surface area contributed by atoms with E-state index in [0.717, 1.165) is 0 Å². The Morgan fingerprint density at radius 1 is 1.64 bits per heavy atom. The molecule has 0 aliphatic carbocycles. The number of benzene rings is 1. The summed E-state index contributed by atoms with van der Waals surface area (Å²) in [6.45, 7) is 3.09. The molecule has 1 heterocycles. The monoisotopic (exact) mass is 216 g/mol. The predicted molar refractivity (Wildman–Crippen MR) is 51.3 cm³/mol. The summed E-state index contributed by atoms with van der Waals surface area (Å²) in [6, 6.07) is 4.06. The molecule has 0 bridgehead atoms. The van der Waals surface area contributed by atoms with Crippen LogP contribution in [0, 0.1) is 5.82 Å². The van der Waals surface area contributed by atoms with Gasteiger partial charge >= 0.3 is 0 Å². The molecular weight excluding hydrogens is 207 g/mol. The van der Waals surface area contributed by atoms with Gasteiger partial charge in [0.05, 0.1) is 11.6 Å². The van der Waals surface area contributed by atoms with Crippen LogP contribution in [0.4, 0.5) is 4.39 Å². The zero-order valence-electron chi connectivity index (χ0n) is 7.72. The molecule has 0 amide bonds. The molecule has 0 spiro atoms. The minimum atomic E-state index is -0.365. The van der Waals surface area contributed by atoms with Crippen molar-refractivity contribution in [3.05, 3.63) is 29.0 Å². The normalized spacial score (nSPS) is 24.8. The lowest BCUT2D eigenvalue weighted by molar-refractivity contribution is 0.202. The third-order valence-electron chi connectivity index (χ3n) is 2.06. The van der Waals surface area contributed by atoms with Gasteiger partial charge in [-0.15, -0.1) is 0 Å². The van der Waals surface area contributed by atoms with Crippen molar-refractivity contribution in [3.63, 3.8) is 0 Å². The SMILES string of the molecule is CC1(COc2ccc(F)cc2Cl)CO1. The van der Waals surface area contributed by atoms with Gasteiger partial charge in [0, 0.05) is 0 Å². The van der Waals surface area contributed by atoms with Gasteiger partial charge in [-0.2, -0.15) is 0 Å². The molecule has 1 saturated heterocycles. The average Bonchev–Trinajstić information content (AvgIpc) is 2.83. The van der Waals surface area contributed by atoms with E-state index in [2.05, 4.69) is 0 Å². The third kappa shape index (κ3) is 2.16. The molecule has 1 aliphatic heterocycles. The van der Waals surface area contributed by atoms with Gasteiger partial charge in [-0.3, -0.25) is 0 Å². The molecule has 2 rings (SSSR count). The Bertz CT molecular complexity index is 350. The van der Waals surface area contributed by atoms with Crippen LogP contribution in [0.15, 0.2) is 18.2 Å². The topological polar surface area (TPSA) is 21.8 Å². The van der Waals surface area contributed by atoms with Crippen molar-refractivity contribution in [2.24, 2.45) is 0 Å². The van der Waals surface area contributed by atoms with E-state index in [0.29, 0.717) is 19.0 Å². The summed E-state index contributed by atoms with van der Waals surface area (Å²) in [4.78, 5) is 0. The summed E-state index contributed by atoms with van der Waals surface area (Å²) in [5, 5.41) is 0.286. The molecule has 0 saturated carbocycles. The maximum Gasteiger partial charge on any atom is 0.138 e. The highest BCUT2D eigenvalue weighted by Crippen LogP contribution is 2.30. The summed E-state index contributed by atoms with van der Waals surface area (Å²) in [5.74, 6) is 0.126.